The molecule has 2 amide bonds. The van der Waals surface area contributed by atoms with E-state index >= 15 is 0 Å². The zero-order valence-electron chi connectivity index (χ0n) is 22.8. The predicted octanol–water partition coefficient (Wildman–Crippen LogP) is 4.88. The molecule has 0 spiro atoms. The molecule has 2 heterocycles. The molecule has 0 radical (unpaired) electrons. The minimum Gasteiger partial charge on any atom is -0.481 e. The van der Waals surface area contributed by atoms with Crippen molar-refractivity contribution in [1.29, 1.82) is 0 Å². The molecule has 1 saturated heterocycles. The summed E-state index contributed by atoms with van der Waals surface area (Å²) in [5.74, 6) is -1.47. The van der Waals surface area contributed by atoms with Crippen LogP contribution in [0.1, 0.15) is 60.4 Å². The highest BCUT2D eigenvalue weighted by molar-refractivity contribution is 5.95. The minimum absolute atomic E-state index is 0.0509. The standard InChI is InChI=1S/C30H35N3O5/c1-18-19(2)31-24-10-8-7-9-22(24)23(18)15-20-11-13-21(14-12-20)26(34)32-25-16-33(17-30(25,6)27(35)36)28(37)38-29(3,4)5/h7-14,25H,15-17H2,1-6H3,(H,32,34)(H,35,36)/t25-,30+/m1/s1. The van der Waals surface area contributed by atoms with Crippen molar-refractivity contribution >= 4 is 28.9 Å². The van der Waals surface area contributed by atoms with Gasteiger partial charge in [0.15, 0.2) is 0 Å². The van der Waals surface area contributed by atoms with E-state index in [0.717, 1.165) is 27.7 Å². The molecule has 1 aliphatic heterocycles. The topological polar surface area (TPSA) is 109 Å². The predicted molar refractivity (Wildman–Crippen MR) is 145 cm³/mol. The van der Waals surface area contributed by atoms with Gasteiger partial charge in [0, 0.05) is 29.7 Å². The van der Waals surface area contributed by atoms with Crippen LogP contribution in [0.3, 0.4) is 0 Å². The number of carboxylic acids is 1. The lowest BCUT2D eigenvalue weighted by Crippen LogP contribution is -2.49. The Morgan fingerprint density at radius 2 is 1.76 bits per heavy atom. The van der Waals surface area contributed by atoms with Gasteiger partial charge in [0.1, 0.15) is 11.0 Å². The smallest absolute Gasteiger partial charge is 0.410 e. The monoisotopic (exact) mass is 517 g/mol. The van der Waals surface area contributed by atoms with Gasteiger partial charge in [0.25, 0.3) is 5.91 Å². The molecule has 1 aliphatic rings. The fraction of sp³-hybridized carbons (Fsp3) is 0.400. The van der Waals surface area contributed by atoms with Crippen molar-refractivity contribution in [3.8, 4) is 0 Å². The van der Waals surface area contributed by atoms with E-state index in [-0.39, 0.29) is 19.0 Å². The number of aliphatic carboxylic acids is 1. The summed E-state index contributed by atoms with van der Waals surface area (Å²) in [6.07, 6.45) is 0.0996. The number of carbonyl (C=O) groups is 3. The van der Waals surface area contributed by atoms with Crippen LogP contribution in [0.5, 0.6) is 0 Å². The van der Waals surface area contributed by atoms with Gasteiger partial charge < -0.3 is 20.1 Å². The molecule has 1 aromatic heterocycles. The number of amides is 2. The molecule has 0 bridgehead atoms. The van der Waals surface area contributed by atoms with E-state index in [4.69, 9.17) is 9.72 Å². The molecule has 1 fully saturated rings. The van der Waals surface area contributed by atoms with Gasteiger partial charge in [-0.2, -0.15) is 0 Å². The number of fused-ring (bicyclic) bond motifs is 1. The SMILES string of the molecule is Cc1nc2ccccc2c(Cc2ccc(C(=O)N[C@@H]3CN(C(=O)OC(C)(C)C)C[C@]3(C)C(=O)O)cc2)c1C. The number of pyridine rings is 1. The van der Waals surface area contributed by atoms with Crippen LogP contribution in [0.15, 0.2) is 48.5 Å². The second-order valence-electron chi connectivity index (χ2n) is 11.3. The third-order valence-corrected chi connectivity index (χ3v) is 7.25. The summed E-state index contributed by atoms with van der Waals surface area (Å²) in [6, 6.07) is 14.6. The van der Waals surface area contributed by atoms with Gasteiger partial charge in [-0.15, -0.1) is 0 Å². The number of hydrogen-bond donors (Lipinski definition) is 2. The van der Waals surface area contributed by atoms with Crippen LogP contribution in [0, 0.1) is 19.3 Å². The number of para-hydroxylation sites is 1. The second-order valence-corrected chi connectivity index (χ2v) is 11.3. The Hall–Kier alpha value is -3.94. The van der Waals surface area contributed by atoms with Crippen molar-refractivity contribution < 1.29 is 24.2 Å². The van der Waals surface area contributed by atoms with Crippen LogP contribution in [0.4, 0.5) is 4.79 Å². The third-order valence-electron chi connectivity index (χ3n) is 7.25. The number of likely N-dealkylation sites (tertiary alicyclic amines) is 1. The number of carboxylic acid groups (broad SMARTS) is 1. The molecule has 200 valence electrons. The molecule has 3 aromatic rings. The first-order valence-electron chi connectivity index (χ1n) is 12.7. The van der Waals surface area contributed by atoms with Crippen LogP contribution in [-0.2, 0) is 16.0 Å². The molecule has 8 nitrogen and oxygen atoms in total. The Bertz CT molecular complexity index is 1390. The lowest BCUT2D eigenvalue weighted by molar-refractivity contribution is -0.147. The van der Waals surface area contributed by atoms with Crippen LogP contribution in [0.25, 0.3) is 10.9 Å². The van der Waals surface area contributed by atoms with Gasteiger partial charge in [-0.1, -0.05) is 30.3 Å². The number of ether oxygens (including phenoxy) is 1. The Kier molecular flexibility index (Phi) is 7.19. The number of aryl methyl sites for hydroxylation is 1. The summed E-state index contributed by atoms with van der Waals surface area (Å²) in [6.45, 7) is 10.9. The Morgan fingerprint density at radius 3 is 2.39 bits per heavy atom. The number of aromatic nitrogens is 1. The number of nitrogens with one attached hydrogen (secondary N) is 1. The Morgan fingerprint density at radius 1 is 1.11 bits per heavy atom. The van der Waals surface area contributed by atoms with Crippen molar-refractivity contribution in [3.05, 3.63) is 76.5 Å². The maximum atomic E-state index is 13.1. The first-order valence-corrected chi connectivity index (χ1v) is 12.7. The van der Waals surface area contributed by atoms with Crippen LogP contribution in [0.2, 0.25) is 0 Å². The maximum Gasteiger partial charge on any atom is 0.410 e. The first kappa shape index (κ1) is 27.1. The van der Waals surface area contributed by atoms with Gasteiger partial charge in [-0.05, 0) is 82.9 Å². The highest BCUT2D eigenvalue weighted by Gasteiger charge is 2.51. The molecule has 2 aromatic carbocycles. The normalized spacial score (nSPS) is 19.4. The third kappa shape index (κ3) is 5.49. The fourth-order valence-electron chi connectivity index (χ4n) is 4.84. The van der Waals surface area contributed by atoms with E-state index in [9.17, 15) is 19.5 Å². The van der Waals surface area contributed by atoms with Crippen molar-refractivity contribution in [2.24, 2.45) is 5.41 Å². The lowest BCUT2D eigenvalue weighted by atomic mass is 9.85. The molecule has 2 N–H and O–H groups in total. The molecule has 38 heavy (non-hydrogen) atoms. The highest BCUT2D eigenvalue weighted by atomic mass is 16.6. The molecule has 2 atom stereocenters. The maximum absolute atomic E-state index is 13.1. The summed E-state index contributed by atoms with van der Waals surface area (Å²) in [5, 5.41) is 13.9. The van der Waals surface area contributed by atoms with Crippen molar-refractivity contribution in [2.45, 2.75) is 59.6 Å². The van der Waals surface area contributed by atoms with Crippen LogP contribution < -0.4 is 5.32 Å². The molecule has 0 aliphatic carbocycles. The number of rotatable bonds is 5. The molecule has 4 rings (SSSR count). The van der Waals surface area contributed by atoms with Gasteiger partial charge >= 0.3 is 12.1 Å². The summed E-state index contributed by atoms with van der Waals surface area (Å²) in [5.41, 5.74) is 3.72. The summed E-state index contributed by atoms with van der Waals surface area (Å²) in [4.78, 5) is 43.9. The lowest BCUT2D eigenvalue weighted by Gasteiger charge is -2.26. The molecule has 8 heteroatoms. The summed E-state index contributed by atoms with van der Waals surface area (Å²) < 4.78 is 5.41. The number of hydrogen-bond acceptors (Lipinski definition) is 5. The van der Waals surface area contributed by atoms with Crippen molar-refractivity contribution in [2.75, 3.05) is 13.1 Å². The Labute approximate surface area is 223 Å². The second kappa shape index (κ2) is 10.1. The average molecular weight is 518 g/mol. The number of nitrogens with zero attached hydrogens (tertiary/aromatic N) is 2. The quantitative estimate of drug-likeness (QED) is 0.499. The van der Waals surface area contributed by atoms with E-state index < -0.39 is 29.1 Å². The zero-order valence-corrected chi connectivity index (χ0v) is 22.8. The molecular formula is C30H35N3O5. The zero-order chi connectivity index (χ0) is 27.8. The van der Waals surface area contributed by atoms with E-state index in [1.54, 1.807) is 32.9 Å². The van der Waals surface area contributed by atoms with Crippen LogP contribution in [-0.4, -0.2) is 57.7 Å². The largest absolute Gasteiger partial charge is 0.481 e. The number of carbonyl (C=O) groups excluding carboxylic acids is 2. The Balaban J connectivity index is 1.50. The van der Waals surface area contributed by atoms with Crippen molar-refractivity contribution in [3.63, 3.8) is 0 Å². The highest BCUT2D eigenvalue weighted by Crippen LogP contribution is 2.32. The minimum atomic E-state index is -1.34. The van der Waals surface area contributed by atoms with E-state index in [2.05, 4.69) is 18.3 Å². The van der Waals surface area contributed by atoms with E-state index in [1.807, 2.05) is 37.3 Å². The number of benzene rings is 2. The summed E-state index contributed by atoms with van der Waals surface area (Å²) >= 11 is 0. The molecule has 0 saturated carbocycles. The van der Waals surface area contributed by atoms with Gasteiger partial charge in [0.05, 0.1) is 11.6 Å². The molecule has 0 unspecified atom stereocenters. The average Bonchev–Trinajstić information content (AvgIpc) is 3.19. The molecular weight excluding hydrogens is 482 g/mol. The fourth-order valence-corrected chi connectivity index (χ4v) is 4.84. The van der Waals surface area contributed by atoms with Gasteiger partial charge in [-0.3, -0.25) is 14.6 Å². The van der Waals surface area contributed by atoms with E-state index in [0.29, 0.717) is 12.0 Å². The summed E-state index contributed by atoms with van der Waals surface area (Å²) in [7, 11) is 0. The van der Waals surface area contributed by atoms with Gasteiger partial charge in [-0.25, -0.2) is 4.79 Å². The first-order chi connectivity index (χ1) is 17.8. The van der Waals surface area contributed by atoms with E-state index in [1.165, 1.54) is 17.4 Å². The van der Waals surface area contributed by atoms with Gasteiger partial charge in [0.2, 0.25) is 0 Å². The van der Waals surface area contributed by atoms with Crippen LogP contribution >= 0.6 is 0 Å². The van der Waals surface area contributed by atoms with Crippen molar-refractivity contribution in [1.82, 2.24) is 15.2 Å².